The van der Waals surface area contributed by atoms with Gasteiger partial charge in [-0.15, -0.1) is 0 Å². The molecule has 0 aromatic rings. The third-order valence-corrected chi connectivity index (χ3v) is 5.93. The summed E-state index contributed by atoms with van der Waals surface area (Å²) in [6, 6.07) is 0. The van der Waals surface area contributed by atoms with Crippen LogP contribution in [-0.4, -0.2) is 36.4 Å². The fourth-order valence-electron chi connectivity index (χ4n) is 4.15. The summed E-state index contributed by atoms with van der Waals surface area (Å²) in [4.78, 5) is 23.4. The summed E-state index contributed by atoms with van der Waals surface area (Å²) in [6.07, 6.45) is 9.35. The monoisotopic (exact) mass is 374 g/mol. The molecule has 27 heavy (non-hydrogen) atoms. The Hall–Kier alpha value is -1.88. The topological polar surface area (TPSA) is 65.1 Å². The van der Waals surface area contributed by atoms with E-state index < -0.39 is 5.60 Å². The van der Waals surface area contributed by atoms with Crippen molar-refractivity contribution >= 4 is 11.9 Å². The van der Waals surface area contributed by atoms with Crippen molar-refractivity contribution in [3.63, 3.8) is 0 Å². The van der Waals surface area contributed by atoms with Crippen molar-refractivity contribution in [1.82, 2.24) is 0 Å². The van der Waals surface area contributed by atoms with Gasteiger partial charge in [0, 0.05) is 24.8 Å². The van der Waals surface area contributed by atoms with Gasteiger partial charge in [0.25, 0.3) is 0 Å². The Morgan fingerprint density at radius 2 is 2.04 bits per heavy atom. The lowest BCUT2D eigenvalue weighted by molar-refractivity contribution is -0.143. The van der Waals surface area contributed by atoms with Gasteiger partial charge < -0.3 is 14.2 Å². The lowest BCUT2D eigenvalue weighted by atomic mass is 9.85. The van der Waals surface area contributed by atoms with Gasteiger partial charge in [-0.3, -0.25) is 4.79 Å². The van der Waals surface area contributed by atoms with Crippen LogP contribution in [0.3, 0.4) is 0 Å². The molecular weight excluding hydrogens is 344 g/mol. The van der Waals surface area contributed by atoms with E-state index in [4.69, 9.17) is 14.2 Å². The van der Waals surface area contributed by atoms with Crippen LogP contribution in [0.5, 0.6) is 0 Å². The van der Waals surface area contributed by atoms with Gasteiger partial charge in [-0.05, 0) is 46.0 Å². The van der Waals surface area contributed by atoms with Crippen molar-refractivity contribution in [2.24, 2.45) is 5.92 Å². The maximum absolute atomic E-state index is 12.1. The first-order valence-electron chi connectivity index (χ1n) is 9.83. The maximum atomic E-state index is 12.1. The summed E-state index contributed by atoms with van der Waals surface area (Å²) in [5, 5.41) is 0. The summed E-state index contributed by atoms with van der Waals surface area (Å²) in [5.41, 5.74) is 2.68. The highest BCUT2D eigenvalue weighted by molar-refractivity contribution is 5.90. The predicted octanol–water partition coefficient (Wildman–Crippen LogP) is 4.03. The summed E-state index contributed by atoms with van der Waals surface area (Å²) in [7, 11) is 0. The quantitative estimate of drug-likeness (QED) is 0.316. The highest BCUT2D eigenvalue weighted by atomic mass is 16.6. The van der Waals surface area contributed by atoms with Gasteiger partial charge in [-0.2, -0.15) is 0 Å². The Morgan fingerprint density at radius 3 is 2.78 bits per heavy atom. The molecule has 0 saturated carbocycles. The van der Waals surface area contributed by atoms with Crippen LogP contribution in [0.15, 0.2) is 35.5 Å². The number of rotatable bonds is 2. The Bertz CT molecular complexity index is 689. The first kappa shape index (κ1) is 19.9. The second kappa shape index (κ2) is 8.01. The fourth-order valence-corrected chi connectivity index (χ4v) is 4.15. The van der Waals surface area contributed by atoms with Crippen LogP contribution in [0, 0.1) is 5.92 Å². The molecule has 2 fully saturated rings. The second-order valence-corrected chi connectivity index (χ2v) is 8.15. The molecule has 0 amide bonds. The zero-order chi connectivity index (χ0) is 19.6. The molecule has 148 valence electrons. The summed E-state index contributed by atoms with van der Waals surface area (Å²) < 4.78 is 16.9. The average molecular weight is 374 g/mol. The van der Waals surface area contributed by atoms with Gasteiger partial charge in [-0.25, -0.2) is 4.79 Å². The normalized spacial score (nSPS) is 38.3. The summed E-state index contributed by atoms with van der Waals surface area (Å²) in [5.74, 6) is -0.650. The van der Waals surface area contributed by atoms with E-state index in [9.17, 15) is 9.59 Å². The molecule has 3 rings (SSSR count). The highest BCUT2D eigenvalue weighted by Gasteiger charge is 2.58. The first-order valence-corrected chi connectivity index (χ1v) is 9.83. The minimum atomic E-state index is -0.450. The van der Waals surface area contributed by atoms with Crippen LogP contribution in [0.2, 0.25) is 0 Å². The van der Waals surface area contributed by atoms with E-state index in [1.54, 1.807) is 0 Å². The van der Waals surface area contributed by atoms with Crippen LogP contribution in [0.4, 0.5) is 0 Å². The van der Waals surface area contributed by atoms with Crippen LogP contribution < -0.4 is 0 Å². The molecule has 0 bridgehead atoms. The third kappa shape index (κ3) is 4.70. The van der Waals surface area contributed by atoms with E-state index >= 15 is 0 Å². The lowest BCUT2D eigenvalue weighted by Gasteiger charge is -2.19. The van der Waals surface area contributed by atoms with Gasteiger partial charge >= 0.3 is 11.9 Å². The van der Waals surface area contributed by atoms with Gasteiger partial charge in [-0.1, -0.05) is 29.9 Å². The number of ether oxygens (including phenoxy) is 3. The Labute approximate surface area is 161 Å². The minimum Gasteiger partial charge on any atom is -0.463 e. The standard InChI is InChI=1S/C22H30O5/c1-14-7-5-8-15(2)11-19-18(16(3)21(24)26-19)12-20-22(27-20,10-6-9-14)13-25-17(4)23/h8-9,18-20H,3,5-7,10-13H2,1-2,4H3/b14-9+,15-8+. The summed E-state index contributed by atoms with van der Waals surface area (Å²) >= 11 is 0. The largest absolute Gasteiger partial charge is 0.463 e. The molecule has 4 unspecified atom stereocenters. The molecular formula is C22H30O5. The van der Waals surface area contributed by atoms with Crippen molar-refractivity contribution in [2.75, 3.05) is 6.61 Å². The number of allylic oxidation sites excluding steroid dienone is 3. The first-order chi connectivity index (χ1) is 12.8. The lowest BCUT2D eigenvalue weighted by Crippen LogP contribution is -2.27. The molecule has 2 heterocycles. The molecule has 0 aromatic heterocycles. The number of carbonyl (C=O) groups excluding carboxylic acids is 2. The molecule has 3 aliphatic rings. The molecule has 4 atom stereocenters. The molecule has 5 heteroatoms. The van der Waals surface area contributed by atoms with Crippen LogP contribution in [0.25, 0.3) is 0 Å². The number of fused-ring (bicyclic) bond motifs is 2. The SMILES string of the molecule is C=C1C(=O)OC2C/C(C)=C/CC/C(C)=C/CCC3(COC(C)=O)OC3CC12. The molecule has 5 nitrogen and oxygen atoms in total. The highest BCUT2D eigenvalue weighted by Crippen LogP contribution is 2.48. The van der Waals surface area contributed by atoms with Crippen molar-refractivity contribution in [1.29, 1.82) is 0 Å². The average Bonchev–Trinajstić information content (AvgIpc) is 3.21. The van der Waals surface area contributed by atoms with Gasteiger partial charge in [0.15, 0.2) is 0 Å². The van der Waals surface area contributed by atoms with Gasteiger partial charge in [0.1, 0.15) is 18.3 Å². The van der Waals surface area contributed by atoms with Gasteiger partial charge in [0.05, 0.1) is 6.10 Å². The number of epoxide rings is 1. The second-order valence-electron chi connectivity index (χ2n) is 8.15. The molecule has 2 aliphatic heterocycles. The molecule has 1 aliphatic carbocycles. The fraction of sp³-hybridized carbons (Fsp3) is 0.636. The maximum Gasteiger partial charge on any atom is 0.334 e. The number of carbonyl (C=O) groups is 2. The zero-order valence-electron chi connectivity index (χ0n) is 16.6. The van der Waals surface area contributed by atoms with Crippen LogP contribution in [0.1, 0.15) is 59.3 Å². The molecule has 0 radical (unpaired) electrons. The molecule has 0 N–H and O–H groups in total. The molecule has 0 aromatic carbocycles. The van der Waals surface area contributed by atoms with Gasteiger partial charge in [0.2, 0.25) is 0 Å². The smallest absolute Gasteiger partial charge is 0.334 e. The van der Waals surface area contributed by atoms with Crippen molar-refractivity contribution in [3.05, 3.63) is 35.5 Å². The third-order valence-electron chi connectivity index (χ3n) is 5.93. The number of hydrogen-bond acceptors (Lipinski definition) is 5. The Kier molecular flexibility index (Phi) is 5.89. The van der Waals surface area contributed by atoms with Crippen molar-refractivity contribution in [2.45, 2.75) is 77.1 Å². The Balaban J connectivity index is 1.80. The minimum absolute atomic E-state index is 0.0449. The summed E-state index contributed by atoms with van der Waals surface area (Å²) in [6.45, 7) is 9.88. The predicted molar refractivity (Wildman–Crippen MR) is 102 cm³/mol. The Morgan fingerprint density at radius 1 is 1.30 bits per heavy atom. The number of hydrogen-bond donors (Lipinski definition) is 0. The number of esters is 2. The molecule has 0 spiro atoms. The molecule has 2 saturated heterocycles. The zero-order valence-corrected chi connectivity index (χ0v) is 16.6. The van der Waals surface area contributed by atoms with E-state index in [-0.39, 0.29) is 36.7 Å². The van der Waals surface area contributed by atoms with Crippen molar-refractivity contribution < 1.29 is 23.8 Å². The van der Waals surface area contributed by atoms with Crippen LogP contribution >= 0.6 is 0 Å². The van der Waals surface area contributed by atoms with Crippen molar-refractivity contribution in [3.8, 4) is 0 Å². The van der Waals surface area contributed by atoms with Crippen LogP contribution in [-0.2, 0) is 23.8 Å². The van der Waals surface area contributed by atoms with E-state index in [2.05, 4.69) is 32.6 Å². The van der Waals surface area contributed by atoms with E-state index in [0.29, 0.717) is 12.0 Å². The van der Waals surface area contributed by atoms with E-state index in [1.807, 2.05) is 0 Å². The van der Waals surface area contributed by atoms with E-state index in [1.165, 1.54) is 18.1 Å². The van der Waals surface area contributed by atoms with E-state index in [0.717, 1.165) is 32.1 Å².